The van der Waals surface area contributed by atoms with Crippen molar-refractivity contribution in [1.29, 1.82) is 0 Å². The number of rotatable bonds is 10. The maximum absolute atomic E-state index is 12.5. The molecular formula is C31H41N5O3Si. The molecule has 2 aromatic carbocycles. The number of hydrogen-bond donors (Lipinski definition) is 1. The second-order valence-electron chi connectivity index (χ2n) is 12.2. The largest absolute Gasteiger partial charge is 0.465 e. The van der Waals surface area contributed by atoms with Gasteiger partial charge in [0.1, 0.15) is 11.8 Å². The fraction of sp³-hybridized carbons (Fsp3) is 0.419. The van der Waals surface area contributed by atoms with Gasteiger partial charge >= 0.3 is 5.97 Å². The summed E-state index contributed by atoms with van der Waals surface area (Å²) in [6.45, 7) is 13.2. The summed E-state index contributed by atoms with van der Waals surface area (Å²) >= 11 is 0. The number of nitrogens with two attached hydrogens (primary N) is 1. The zero-order valence-electron chi connectivity index (χ0n) is 24.4. The molecule has 0 aliphatic heterocycles. The number of anilines is 1. The average molecular weight is 560 g/mol. The van der Waals surface area contributed by atoms with Gasteiger partial charge in [-0.1, -0.05) is 81.4 Å². The van der Waals surface area contributed by atoms with Crippen LogP contribution in [0.15, 0.2) is 73.3 Å². The lowest BCUT2D eigenvalue weighted by molar-refractivity contribution is -0.153. The summed E-state index contributed by atoms with van der Waals surface area (Å²) in [5.41, 5.74) is 6.73. The van der Waals surface area contributed by atoms with E-state index in [0.29, 0.717) is 36.4 Å². The van der Waals surface area contributed by atoms with Gasteiger partial charge in [0, 0.05) is 19.1 Å². The highest BCUT2D eigenvalue weighted by Crippen LogP contribution is 2.37. The number of carbonyl (C=O) groups is 1. The number of imidazole rings is 1. The number of nitrogens with zero attached hydrogens (tertiary/aromatic N) is 4. The fourth-order valence-corrected chi connectivity index (χ4v) is 9.75. The molecule has 2 aromatic heterocycles. The molecular weight excluding hydrogens is 518 g/mol. The van der Waals surface area contributed by atoms with Gasteiger partial charge in [0.05, 0.1) is 18.3 Å². The van der Waals surface area contributed by atoms with Crippen molar-refractivity contribution in [2.45, 2.75) is 65.5 Å². The molecule has 1 unspecified atom stereocenters. The van der Waals surface area contributed by atoms with E-state index in [-0.39, 0.29) is 23.7 Å². The number of carbonyl (C=O) groups excluding carboxylic acids is 1. The number of nitrogen functional groups attached to an aromatic ring is 1. The maximum atomic E-state index is 12.5. The summed E-state index contributed by atoms with van der Waals surface area (Å²) in [5, 5.41) is 2.34. The molecule has 8 nitrogen and oxygen atoms in total. The Bertz CT molecular complexity index is 1370. The number of fused-ring (bicyclic) bond motifs is 1. The Hall–Kier alpha value is -3.56. The van der Waals surface area contributed by atoms with E-state index >= 15 is 0 Å². The Kier molecular flexibility index (Phi) is 8.75. The first-order valence-electron chi connectivity index (χ1n) is 13.8. The molecule has 0 bridgehead atoms. The standard InChI is InChI=1S/C31H41N5O3Si/c1-30(2,3)29(37)38-19-17-23(36-22-35-26-27(32)33-21-34-28(26)36)18-20-39-40(31(4,5)6,24-13-9-7-10-14-24)25-15-11-8-12-16-25/h7-16,21-23H,17-20H2,1-6H3,(H2,32,33,34). The van der Waals surface area contributed by atoms with Crippen molar-refractivity contribution in [3.8, 4) is 0 Å². The van der Waals surface area contributed by atoms with Crippen molar-refractivity contribution in [2.24, 2.45) is 5.41 Å². The molecule has 2 heterocycles. The lowest BCUT2D eigenvalue weighted by Crippen LogP contribution is -2.66. The van der Waals surface area contributed by atoms with E-state index in [0.717, 1.165) is 0 Å². The molecule has 9 heteroatoms. The van der Waals surface area contributed by atoms with Crippen LogP contribution in [0.5, 0.6) is 0 Å². The minimum Gasteiger partial charge on any atom is -0.465 e. The molecule has 212 valence electrons. The van der Waals surface area contributed by atoms with Gasteiger partial charge in [-0.3, -0.25) is 4.79 Å². The van der Waals surface area contributed by atoms with Gasteiger partial charge in [-0.15, -0.1) is 0 Å². The lowest BCUT2D eigenvalue weighted by atomic mass is 9.97. The first-order chi connectivity index (χ1) is 18.9. The normalized spacial score (nSPS) is 13.3. The van der Waals surface area contributed by atoms with Crippen LogP contribution in [0.2, 0.25) is 5.04 Å². The maximum Gasteiger partial charge on any atom is 0.311 e. The van der Waals surface area contributed by atoms with Crippen molar-refractivity contribution in [3.63, 3.8) is 0 Å². The third kappa shape index (κ3) is 6.10. The molecule has 1 atom stereocenters. The van der Waals surface area contributed by atoms with E-state index in [9.17, 15) is 4.79 Å². The Labute approximate surface area is 238 Å². The molecule has 0 spiro atoms. The van der Waals surface area contributed by atoms with Crippen LogP contribution in [0, 0.1) is 5.41 Å². The summed E-state index contributed by atoms with van der Waals surface area (Å²) in [5.74, 6) is 0.113. The van der Waals surface area contributed by atoms with Crippen molar-refractivity contribution in [3.05, 3.63) is 73.3 Å². The predicted molar refractivity (Wildman–Crippen MR) is 162 cm³/mol. The number of benzene rings is 2. The Balaban J connectivity index is 1.65. The highest BCUT2D eigenvalue weighted by atomic mass is 28.4. The summed E-state index contributed by atoms with van der Waals surface area (Å²) in [6, 6.07) is 21.1. The molecule has 0 saturated carbocycles. The van der Waals surface area contributed by atoms with Crippen molar-refractivity contribution < 1.29 is 14.0 Å². The Morgan fingerprint density at radius 3 is 2.00 bits per heavy atom. The zero-order chi connectivity index (χ0) is 29.0. The topological polar surface area (TPSA) is 105 Å². The van der Waals surface area contributed by atoms with Crippen LogP contribution in [0.1, 0.15) is 60.4 Å². The van der Waals surface area contributed by atoms with E-state index in [1.807, 2.05) is 37.5 Å². The summed E-state index contributed by atoms with van der Waals surface area (Å²) in [6.07, 6.45) is 4.45. The minimum absolute atomic E-state index is 0.0784. The van der Waals surface area contributed by atoms with Gasteiger partial charge in [-0.2, -0.15) is 0 Å². The predicted octanol–water partition coefficient (Wildman–Crippen LogP) is 4.90. The highest BCUT2D eigenvalue weighted by Gasteiger charge is 2.50. The van der Waals surface area contributed by atoms with E-state index in [1.54, 1.807) is 6.33 Å². The van der Waals surface area contributed by atoms with Gasteiger partial charge in [0.25, 0.3) is 8.32 Å². The molecule has 4 rings (SSSR count). The minimum atomic E-state index is -2.69. The number of ether oxygens (including phenoxy) is 1. The van der Waals surface area contributed by atoms with E-state index < -0.39 is 13.7 Å². The second kappa shape index (κ2) is 11.9. The molecule has 0 saturated heterocycles. The van der Waals surface area contributed by atoms with Crippen LogP contribution in [-0.2, 0) is 14.0 Å². The van der Waals surface area contributed by atoms with E-state index in [1.165, 1.54) is 16.7 Å². The van der Waals surface area contributed by atoms with E-state index in [4.69, 9.17) is 14.9 Å². The van der Waals surface area contributed by atoms with Crippen LogP contribution < -0.4 is 16.1 Å². The quantitative estimate of drug-likeness (QED) is 0.218. The van der Waals surface area contributed by atoms with Gasteiger partial charge in [-0.25, -0.2) is 15.0 Å². The molecule has 40 heavy (non-hydrogen) atoms. The monoisotopic (exact) mass is 559 g/mol. The first-order valence-corrected chi connectivity index (χ1v) is 15.7. The lowest BCUT2D eigenvalue weighted by Gasteiger charge is -2.43. The van der Waals surface area contributed by atoms with Gasteiger partial charge < -0.3 is 19.5 Å². The average Bonchev–Trinajstić information content (AvgIpc) is 3.35. The smallest absolute Gasteiger partial charge is 0.311 e. The number of hydrogen-bond acceptors (Lipinski definition) is 7. The molecule has 2 N–H and O–H groups in total. The van der Waals surface area contributed by atoms with Crippen LogP contribution >= 0.6 is 0 Å². The highest BCUT2D eigenvalue weighted by molar-refractivity contribution is 6.99. The van der Waals surface area contributed by atoms with Gasteiger partial charge in [0.2, 0.25) is 0 Å². The molecule has 0 amide bonds. The zero-order valence-corrected chi connectivity index (χ0v) is 25.4. The number of esters is 1. The first kappa shape index (κ1) is 29.4. The molecule has 4 aromatic rings. The van der Waals surface area contributed by atoms with Crippen molar-refractivity contribution in [2.75, 3.05) is 18.9 Å². The molecule has 0 fully saturated rings. The number of aromatic nitrogens is 4. The van der Waals surface area contributed by atoms with Gasteiger partial charge in [0.15, 0.2) is 11.5 Å². The van der Waals surface area contributed by atoms with Crippen LogP contribution in [-0.4, -0.2) is 47.0 Å². The van der Waals surface area contributed by atoms with Gasteiger partial charge in [-0.05, 0) is 42.6 Å². The summed E-state index contributed by atoms with van der Waals surface area (Å²) in [7, 11) is -2.69. The van der Waals surface area contributed by atoms with E-state index in [2.05, 4.69) is 84.3 Å². The second-order valence-corrected chi connectivity index (χ2v) is 16.5. The molecule has 0 aliphatic carbocycles. The van der Waals surface area contributed by atoms with Crippen LogP contribution in [0.25, 0.3) is 11.2 Å². The fourth-order valence-electron chi connectivity index (χ4n) is 5.17. The summed E-state index contributed by atoms with van der Waals surface area (Å²) < 4.78 is 14.8. The Morgan fingerprint density at radius 2 is 1.45 bits per heavy atom. The third-order valence-corrected chi connectivity index (χ3v) is 12.3. The summed E-state index contributed by atoms with van der Waals surface area (Å²) in [4.78, 5) is 25.5. The SMILES string of the molecule is CC(C)(C)C(=O)OCCC(CCO[Si](c1ccccc1)(c1ccccc1)C(C)(C)C)n1cnc2c(N)ncnc21. The van der Waals surface area contributed by atoms with Crippen LogP contribution in [0.3, 0.4) is 0 Å². The molecule has 0 aliphatic rings. The van der Waals surface area contributed by atoms with Crippen molar-refractivity contribution in [1.82, 2.24) is 19.5 Å². The van der Waals surface area contributed by atoms with Crippen LogP contribution in [0.4, 0.5) is 5.82 Å². The third-order valence-electron chi connectivity index (χ3n) is 7.26. The Morgan fingerprint density at radius 1 is 0.875 bits per heavy atom. The van der Waals surface area contributed by atoms with Crippen molar-refractivity contribution >= 4 is 41.6 Å². The molecule has 0 radical (unpaired) electrons.